The minimum absolute atomic E-state index is 0.240. The zero-order valence-corrected chi connectivity index (χ0v) is 15.7. The van der Waals surface area contributed by atoms with Crippen LogP contribution < -0.4 is 15.5 Å². The molecule has 0 spiro atoms. The van der Waals surface area contributed by atoms with Gasteiger partial charge in [-0.2, -0.15) is 0 Å². The van der Waals surface area contributed by atoms with E-state index in [-0.39, 0.29) is 16.8 Å². The minimum atomic E-state index is -0.362. The summed E-state index contributed by atoms with van der Waals surface area (Å²) in [6.45, 7) is 2.08. The number of hydrogen-bond donors (Lipinski definition) is 2. The zero-order valence-electron chi connectivity index (χ0n) is 14.9. The van der Waals surface area contributed by atoms with Crippen molar-refractivity contribution in [2.24, 2.45) is 0 Å². The Morgan fingerprint density at radius 1 is 1.00 bits per heavy atom. The quantitative estimate of drug-likeness (QED) is 0.654. The van der Waals surface area contributed by atoms with Gasteiger partial charge in [0.2, 0.25) is 0 Å². The van der Waals surface area contributed by atoms with E-state index in [1.54, 1.807) is 6.07 Å². The van der Waals surface area contributed by atoms with Crippen molar-refractivity contribution in [3.05, 3.63) is 60.4 Å². The van der Waals surface area contributed by atoms with Crippen molar-refractivity contribution in [2.45, 2.75) is 19.3 Å². The molecule has 1 aromatic heterocycles. The van der Waals surface area contributed by atoms with E-state index < -0.39 is 0 Å². The first-order valence-corrected chi connectivity index (χ1v) is 9.56. The van der Waals surface area contributed by atoms with Crippen molar-refractivity contribution in [1.82, 2.24) is 5.32 Å². The maximum atomic E-state index is 12.5. The molecule has 3 aromatic rings. The molecule has 0 atom stereocenters. The number of anilines is 2. The van der Waals surface area contributed by atoms with Crippen LogP contribution in [0.5, 0.6) is 0 Å². The molecular formula is C21H21N3O2S. The highest BCUT2D eigenvalue weighted by Gasteiger charge is 2.17. The molecule has 1 amide bonds. The monoisotopic (exact) mass is 379 g/mol. The fraction of sp³-hybridized carbons (Fsp3) is 0.238. The number of rotatable bonds is 3. The number of piperidine rings is 1. The smallest absolute Gasteiger partial charge is 0.293 e. The number of carbonyl (C=O) groups excluding carboxylic acids is 1. The Bertz CT molecular complexity index is 943. The van der Waals surface area contributed by atoms with Gasteiger partial charge in [0, 0.05) is 18.5 Å². The number of nitrogens with one attached hydrogen (secondary N) is 2. The number of thiocarbonyl (C=S) groups is 1. The van der Waals surface area contributed by atoms with E-state index in [1.165, 1.54) is 19.3 Å². The third-order valence-electron chi connectivity index (χ3n) is 4.73. The molecule has 0 radical (unpaired) electrons. The highest BCUT2D eigenvalue weighted by atomic mass is 32.1. The van der Waals surface area contributed by atoms with E-state index in [9.17, 15) is 4.79 Å². The Morgan fingerprint density at radius 2 is 1.74 bits per heavy atom. The van der Waals surface area contributed by atoms with Gasteiger partial charge in [0.25, 0.3) is 5.91 Å². The van der Waals surface area contributed by atoms with Gasteiger partial charge in [0.05, 0.1) is 11.4 Å². The summed E-state index contributed by atoms with van der Waals surface area (Å²) in [6, 6.07) is 17.3. The lowest BCUT2D eigenvalue weighted by molar-refractivity contribution is 0.0953. The van der Waals surface area contributed by atoms with Crippen LogP contribution in [0.4, 0.5) is 11.4 Å². The van der Waals surface area contributed by atoms with Crippen LogP contribution in [0.2, 0.25) is 0 Å². The SMILES string of the molecule is O=C(NC(=S)Nc1ccccc1N1CCCCC1)c1cc2ccccc2o1. The van der Waals surface area contributed by atoms with E-state index in [2.05, 4.69) is 21.6 Å². The normalized spacial score (nSPS) is 14.1. The number of hydrogen-bond acceptors (Lipinski definition) is 4. The first-order valence-electron chi connectivity index (χ1n) is 9.15. The van der Waals surface area contributed by atoms with E-state index in [1.807, 2.05) is 42.5 Å². The highest BCUT2D eigenvalue weighted by Crippen LogP contribution is 2.28. The van der Waals surface area contributed by atoms with E-state index >= 15 is 0 Å². The zero-order chi connectivity index (χ0) is 18.6. The van der Waals surface area contributed by atoms with Crippen LogP contribution in [0.1, 0.15) is 29.8 Å². The van der Waals surface area contributed by atoms with Gasteiger partial charge in [-0.05, 0) is 55.7 Å². The molecule has 2 N–H and O–H groups in total. The Hall–Kier alpha value is -2.86. The maximum Gasteiger partial charge on any atom is 0.293 e. The second kappa shape index (κ2) is 7.80. The molecule has 1 aliphatic heterocycles. The van der Waals surface area contributed by atoms with Gasteiger partial charge in [-0.1, -0.05) is 30.3 Å². The van der Waals surface area contributed by atoms with Gasteiger partial charge in [-0.3, -0.25) is 10.1 Å². The van der Waals surface area contributed by atoms with Crippen molar-refractivity contribution in [3.8, 4) is 0 Å². The molecule has 0 unspecified atom stereocenters. The first-order chi connectivity index (χ1) is 13.2. The van der Waals surface area contributed by atoms with Crippen LogP contribution in [-0.2, 0) is 0 Å². The van der Waals surface area contributed by atoms with Crippen molar-refractivity contribution >= 4 is 45.6 Å². The summed E-state index contributed by atoms with van der Waals surface area (Å²) in [6.07, 6.45) is 3.67. The number of amides is 1. The summed E-state index contributed by atoms with van der Waals surface area (Å²) >= 11 is 5.35. The van der Waals surface area contributed by atoms with Gasteiger partial charge in [0.1, 0.15) is 5.58 Å². The van der Waals surface area contributed by atoms with E-state index in [0.717, 1.165) is 29.9 Å². The van der Waals surface area contributed by atoms with Gasteiger partial charge in [-0.25, -0.2) is 0 Å². The Labute approximate surface area is 163 Å². The lowest BCUT2D eigenvalue weighted by Crippen LogP contribution is -2.35. The molecule has 4 rings (SSSR count). The maximum absolute atomic E-state index is 12.5. The molecule has 0 aliphatic carbocycles. The standard InChI is InChI=1S/C21H21N3O2S/c25-20(19-14-15-8-2-5-11-18(15)26-19)23-21(27)22-16-9-3-4-10-17(16)24-12-6-1-7-13-24/h2-5,8-11,14H,1,6-7,12-13H2,(H2,22,23,25,27). The molecular weight excluding hydrogens is 358 g/mol. The Kier molecular flexibility index (Phi) is 5.07. The molecule has 5 nitrogen and oxygen atoms in total. The molecule has 6 heteroatoms. The van der Waals surface area contributed by atoms with Crippen LogP contribution in [0.25, 0.3) is 11.0 Å². The number of nitrogens with zero attached hydrogens (tertiary/aromatic N) is 1. The summed E-state index contributed by atoms with van der Waals surface area (Å²) in [4.78, 5) is 14.8. The molecule has 1 fully saturated rings. The summed E-state index contributed by atoms with van der Waals surface area (Å²) in [7, 11) is 0. The van der Waals surface area contributed by atoms with E-state index in [4.69, 9.17) is 16.6 Å². The fourth-order valence-corrected chi connectivity index (χ4v) is 3.60. The van der Waals surface area contributed by atoms with Crippen LogP contribution in [0.15, 0.2) is 59.0 Å². The lowest BCUT2D eigenvalue weighted by Gasteiger charge is -2.30. The topological polar surface area (TPSA) is 57.5 Å². The molecule has 138 valence electrons. The minimum Gasteiger partial charge on any atom is -0.451 e. The molecule has 2 aromatic carbocycles. The molecule has 0 saturated carbocycles. The second-order valence-corrected chi connectivity index (χ2v) is 7.03. The van der Waals surface area contributed by atoms with Crippen LogP contribution in [-0.4, -0.2) is 24.1 Å². The fourth-order valence-electron chi connectivity index (χ4n) is 3.40. The average molecular weight is 379 g/mol. The lowest BCUT2D eigenvalue weighted by atomic mass is 10.1. The molecule has 1 saturated heterocycles. The van der Waals surface area contributed by atoms with Crippen LogP contribution >= 0.6 is 12.2 Å². The van der Waals surface area contributed by atoms with Gasteiger partial charge in [0.15, 0.2) is 10.9 Å². The van der Waals surface area contributed by atoms with Crippen LogP contribution in [0.3, 0.4) is 0 Å². The highest BCUT2D eigenvalue weighted by molar-refractivity contribution is 7.80. The van der Waals surface area contributed by atoms with Crippen molar-refractivity contribution in [3.63, 3.8) is 0 Å². The summed E-state index contributed by atoms with van der Waals surface area (Å²) in [5.41, 5.74) is 2.68. The van der Waals surface area contributed by atoms with Crippen molar-refractivity contribution < 1.29 is 9.21 Å². The molecule has 27 heavy (non-hydrogen) atoms. The molecule has 2 heterocycles. The Morgan fingerprint density at radius 3 is 2.56 bits per heavy atom. The molecule has 0 bridgehead atoms. The van der Waals surface area contributed by atoms with Crippen molar-refractivity contribution in [1.29, 1.82) is 0 Å². The number of carbonyl (C=O) groups is 1. The number of fused-ring (bicyclic) bond motifs is 1. The van der Waals surface area contributed by atoms with Gasteiger partial charge < -0.3 is 14.6 Å². The number of benzene rings is 2. The van der Waals surface area contributed by atoms with Crippen molar-refractivity contribution in [2.75, 3.05) is 23.3 Å². The van der Waals surface area contributed by atoms with Gasteiger partial charge in [-0.15, -0.1) is 0 Å². The van der Waals surface area contributed by atoms with Gasteiger partial charge >= 0.3 is 0 Å². The Balaban J connectivity index is 1.45. The average Bonchev–Trinajstić information content (AvgIpc) is 3.13. The second-order valence-electron chi connectivity index (χ2n) is 6.62. The number of furan rings is 1. The predicted octanol–water partition coefficient (Wildman–Crippen LogP) is 4.55. The van der Waals surface area contributed by atoms with E-state index in [0.29, 0.717) is 5.58 Å². The third-order valence-corrected chi connectivity index (χ3v) is 4.93. The third kappa shape index (κ3) is 3.95. The summed E-state index contributed by atoms with van der Waals surface area (Å²) < 4.78 is 5.59. The number of para-hydroxylation sites is 3. The van der Waals surface area contributed by atoms with Crippen LogP contribution in [0, 0.1) is 0 Å². The molecule has 1 aliphatic rings. The predicted molar refractivity (Wildman–Crippen MR) is 112 cm³/mol. The largest absolute Gasteiger partial charge is 0.451 e. The summed E-state index contributed by atoms with van der Waals surface area (Å²) in [5.74, 6) is -0.121. The first kappa shape index (κ1) is 17.5. The summed E-state index contributed by atoms with van der Waals surface area (Å²) in [5, 5.41) is 7.00.